The molecule has 3 N–H and O–H groups in total. The molecular formula is C20H20ClN3O4. The Hall–Kier alpha value is -3.19. The van der Waals surface area contributed by atoms with E-state index >= 15 is 0 Å². The van der Waals surface area contributed by atoms with Gasteiger partial charge in [-0.05, 0) is 30.7 Å². The maximum atomic E-state index is 13.1. The molecule has 0 fully saturated rings. The molecule has 1 aliphatic heterocycles. The van der Waals surface area contributed by atoms with Gasteiger partial charge in [-0.1, -0.05) is 29.8 Å². The van der Waals surface area contributed by atoms with E-state index in [2.05, 4.69) is 16.0 Å². The second kappa shape index (κ2) is 8.22. The van der Waals surface area contributed by atoms with Gasteiger partial charge in [-0.2, -0.15) is 0 Å². The monoisotopic (exact) mass is 401 g/mol. The number of hydrogen-bond donors (Lipinski definition) is 3. The highest BCUT2D eigenvalue weighted by molar-refractivity contribution is 6.31. The molecule has 28 heavy (non-hydrogen) atoms. The fraction of sp³-hybridized carbons (Fsp3) is 0.200. The van der Waals surface area contributed by atoms with Crippen LogP contribution in [0.25, 0.3) is 0 Å². The normalized spacial score (nSPS) is 16.1. The Kier molecular flexibility index (Phi) is 5.75. The van der Waals surface area contributed by atoms with Crippen molar-refractivity contribution in [1.29, 1.82) is 0 Å². The lowest BCUT2D eigenvalue weighted by Crippen LogP contribution is -2.46. The summed E-state index contributed by atoms with van der Waals surface area (Å²) in [6.07, 6.45) is 0. The van der Waals surface area contributed by atoms with Crippen molar-refractivity contribution >= 4 is 29.2 Å². The zero-order chi connectivity index (χ0) is 20.3. The molecule has 1 heterocycles. The van der Waals surface area contributed by atoms with E-state index in [1.807, 2.05) is 0 Å². The Balaban J connectivity index is 1.97. The van der Waals surface area contributed by atoms with Crippen LogP contribution in [0.3, 0.4) is 0 Å². The topological polar surface area (TPSA) is 88.7 Å². The molecule has 0 aliphatic carbocycles. The van der Waals surface area contributed by atoms with Gasteiger partial charge in [0.25, 0.3) is 5.91 Å². The van der Waals surface area contributed by atoms with E-state index in [1.54, 1.807) is 56.5 Å². The predicted octanol–water partition coefficient (Wildman–Crippen LogP) is 3.62. The standard InChI is InChI=1S/C20H20ClN3O4/c1-11-17(18(24-20(26)22-11)13-6-4-5-7-14(13)21)19(25)23-15-9-8-12(27-2)10-16(15)28-3/h4-10,18H,1-3H3,(H,23,25)(H2,22,24,26)/t18-/m0/s1. The average Bonchev–Trinajstić information content (AvgIpc) is 2.67. The number of amides is 3. The summed E-state index contributed by atoms with van der Waals surface area (Å²) >= 11 is 6.30. The van der Waals surface area contributed by atoms with Gasteiger partial charge in [0.15, 0.2) is 0 Å². The summed E-state index contributed by atoms with van der Waals surface area (Å²) < 4.78 is 10.5. The Morgan fingerprint density at radius 3 is 2.57 bits per heavy atom. The molecular weight excluding hydrogens is 382 g/mol. The van der Waals surface area contributed by atoms with Crippen LogP contribution in [-0.2, 0) is 4.79 Å². The van der Waals surface area contributed by atoms with E-state index < -0.39 is 18.0 Å². The number of halogens is 1. The van der Waals surface area contributed by atoms with Crippen LogP contribution in [0.5, 0.6) is 11.5 Å². The van der Waals surface area contributed by atoms with Gasteiger partial charge in [0.1, 0.15) is 11.5 Å². The first-order valence-electron chi connectivity index (χ1n) is 8.50. The Bertz CT molecular complexity index is 958. The number of carbonyl (C=O) groups excluding carboxylic acids is 2. The number of hydrogen-bond acceptors (Lipinski definition) is 4. The van der Waals surface area contributed by atoms with Crippen molar-refractivity contribution in [2.45, 2.75) is 13.0 Å². The Morgan fingerprint density at radius 1 is 1.14 bits per heavy atom. The van der Waals surface area contributed by atoms with Gasteiger partial charge in [0.2, 0.25) is 0 Å². The zero-order valence-corrected chi connectivity index (χ0v) is 16.4. The second-order valence-corrected chi connectivity index (χ2v) is 6.52. The van der Waals surface area contributed by atoms with Gasteiger partial charge in [-0.25, -0.2) is 4.79 Å². The van der Waals surface area contributed by atoms with E-state index in [0.29, 0.717) is 39.0 Å². The molecule has 2 aromatic carbocycles. The molecule has 0 spiro atoms. The van der Waals surface area contributed by atoms with Crippen molar-refractivity contribution in [3.8, 4) is 11.5 Å². The van der Waals surface area contributed by atoms with E-state index in [-0.39, 0.29) is 0 Å². The Labute approximate surface area is 167 Å². The summed E-state index contributed by atoms with van der Waals surface area (Å²) in [5.74, 6) is 0.664. The van der Waals surface area contributed by atoms with Gasteiger partial charge in [-0.3, -0.25) is 4.79 Å². The first-order chi connectivity index (χ1) is 13.4. The molecule has 146 valence electrons. The quantitative estimate of drug-likeness (QED) is 0.713. The number of anilines is 1. The lowest BCUT2D eigenvalue weighted by molar-refractivity contribution is -0.113. The smallest absolute Gasteiger partial charge is 0.319 e. The minimum Gasteiger partial charge on any atom is -0.497 e. The molecule has 8 heteroatoms. The molecule has 1 atom stereocenters. The predicted molar refractivity (Wildman–Crippen MR) is 107 cm³/mol. The van der Waals surface area contributed by atoms with Crippen molar-refractivity contribution in [3.63, 3.8) is 0 Å². The van der Waals surface area contributed by atoms with E-state index in [9.17, 15) is 9.59 Å². The van der Waals surface area contributed by atoms with E-state index in [0.717, 1.165) is 0 Å². The Morgan fingerprint density at radius 2 is 1.89 bits per heavy atom. The molecule has 0 saturated heterocycles. The van der Waals surface area contributed by atoms with Gasteiger partial charge in [0.05, 0.1) is 31.5 Å². The van der Waals surface area contributed by atoms with Crippen molar-refractivity contribution in [2.75, 3.05) is 19.5 Å². The lowest BCUT2D eigenvalue weighted by Gasteiger charge is -2.29. The van der Waals surface area contributed by atoms with Crippen molar-refractivity contribution < 1.29 is 19.1 Å². The molecule has 2 aromatic rings. The van der Waals surface area contributed by atoms with Crippen LogP contribution in [-0.4, -0.2) is 26.2 Å². The first kappa shape index (κ1) is 19.6. The molecule has 0 saturated carbocycles. The van der Waals surface area contributed by atoms with Crippen LogP contribution in [0.4, 0.5) is 10.5 Å². The molecule has 3 rings (SSSR count). The van der Waals surface area contributed by atoms with Gasteiger partial charge < -0.3 is 25.4 Å². The van der Waals surface area contributed by atoms with Gasteiger partial charge in [-0.15, -0.1) is 0 Å². The summed E-state index contributed by atoms with van der Waals surface area (Å²) in [5, 5.41) is 8.69. The van der Waals surface area contributed by atoms with Crippen LogP contribution in [0.1, 0.15) is 18.5 Å². The number of allylic oxidation sites excluding steroid dienone is 1. The van der Waals surface area contributed by atoms with Gasteiger partial charge in [0, 0.05) is 16.8 Å². The van der Waals surface area contributed by atoms with Crippen LogP contribution in [0.2, 0.25) is 5.02 Å². The molecule has 0 unspecified atom stereocenters. The fourth-order valence-corrected chi connectivity index (χ4v) is 3.27. The fourth-order valence-electron chi connectivity index (χ4n) is 3.03. The maximum absolute atomic E-state index is 13.1. The average molecular weight is 402 g/mol. The molecule has 0 radical (unpaired) electrons. The van der Waals surface area contributed by atoms with Crippen molar-refractivity contribution in [1.82, 2.24) is 10.6 Å². The third kappa shape index (κ3) is 3.89. The zero-order valence-electron chi connectivity index (χ0n) is 15.6. The molecule has 0 bridgehead atoms. The first-order valence-corrected chi connectivity index (χ1v) is 8.88. The summed E-state index contributed by atoms with van der Waals surface area (Å²) in [4.78, 5) is 25.1. The minimum atomic E-state index is -0.688. The van der Waals surface area contributed by atoms with Crippen molar-refractivity contribution in [2.24, 2.45) is 0 Å². The highest BCUT2D eigenvalue weighted by Crippen LogP contribution is 2.34. The largest absolute Gasteiger partial charge is 0.497 e. The molecule has 3 amide bonds. The van der Waals surface area contributed by atoms with Crippen LogP contribution < -0.4 is 25.4 Å². The minimum absolute atomic E-state index is 0.352. The summed E-state index contributed by atoms with van der Waals surface area (Å²) in [6, 6.07) is 11.0. The van der Waals surface area contributed by atoms with Crippen molar-refractivity contribution in [3.05, 3.63) is 64.3 Å². The van der Waals surface area contributed by atoms with Crippen LogP contribution in [0.15, 0.2) is 53.7 Å². The molecule has 0 aromatic heterocycles. The third-order valence-corrected chi connectivity index (χ3v) is 4.73. The number of ether oxygens (including phenoxy) is 2. The molecule has 7 nitrogen and oxygen atoms in total. The van der Waals surface area contributed by atoms with Gasteiger partial charge >= 0.3 is 6.03 Å². The molecule has 1 aliphatic rings. The SMILES string of the molecule is COc1ccc(NC(=O)C2=C(C)NC(=O)N[C@H]2c2ccccc2Cl)c(OC)c1. The number of rotatable bonds is 5. The van der Waals surface area contributed by atoms with Crippen LogP contribution >= 0.6 is 11.6 Å². The number of methoxy groups -OCH3 is 2. The second-order valence-electron chi connectivity index (χ2n) is 6.11. The summed E-state index contributed by atoms with van der Waals surface area (Å²) in [5.41, 5.74) is 1.90. The number of urea groups is 1. The van der Waals surface area contributed by atoms with Crippen LogP contribution in [0, 0.1) is 0 Å². The highest BCUT2D eigenvalue weighted by atomic mass is 35.5. The van der Waals surface area contributed by atoms with E-state index in [1.165, 1.54) is 7.11 Å². The third-order valence-electron chi connectivity index (χ3n) is 4.39. The van der Waals surface area contributed by atoms with E-state index in [4.69, 9.17) is 21.1 Å². The maximum Gasteiger partial charge on any atom is 0.319 e. The summed E-state index contributed by atoms with van der Waals surface area (Å²) in [6.45, 7) is 1.67. The number of nitrogens with one attached hydrogen (secondary N) is 3. The lowest BCUT2D eigenvalue weighted by atomic mass is 9.94. The number of benzene rings is 2. The number of carbonyl (C=O) groups is 2. The highest BCUT2D eigenvalue weighted by Gasteiger charge is 2.32. The summed E-state index contributed by atoms with van der Waals surface area (Å²) in [7, 11) is 3.05.